The van der Waals surface area contributed by atoms with Crippen LogP contribution in [0.2, 0.25) is 5.02 Å². The average molecular weight is 470 g/mol. The fourth-order valence-corrected chi connectivity index (χ4v) is 3.95. The Morgan fingerprint density at radius 1 is 1.24 bits per heavy atom. The molecule has 1 unspecified atom stereocenters. The molecule has 170 valence electrons. The third kappa shape index (κ3) is 4.19. The van der Waals surface area contributed by atoms with Gasteiger partial charge in [0.15, 0.2) is 0 Å². The van der Waals surface area contributed by atoms with Crippen LogP contribution in [0.1, 0.15) is 28.9 Å². The van der Waals surface area contributed by atoms with Crippen LogP contribution in [0.15, 0.2) is 47.5 Å². The van der Waals surface area contributed by atoms with Gasteiger partial charge in [0.1, 0.15) is 11.6 Å². The van der Waals surface area contributed by atoms with E-state index in [1.165, 1.54) is 23.8 Å². The zero-order chi connectivity index (χ0) is 23.9. The number of esters is 1. The minimum Gasteiger partial charge on any atom is -0.465 e. The number of ether oxygens (including phenoxy) is 1. The van der Waals surface area contributed by atoms with Crippen LogP contribution in [0.25, 0.3) is 22.3 Å². The Balaban J connectivity index is 1.87. The topological polar surface area (TPSA) is 91.0 Å². The van der Waals surface area contributed by atoms with E-state index in [1.807, 2.05) is 6.92 Å². The second-order valence-electron chi connectivity index (χ2n) is 7.64. The molecule has 0 aliphatic rings. The van der Waals surface area contributed by atoms with Crippen molar-refractivity contribution >= 4 is 34.2 Å². The maximum atomic E-state index is 13.7. The average Bonchev–Trinajstić information content (AvgIpc) is 3.22. The van der Waals surface area contributed by atoms with Crippen molar-refractivity contribution in [1.29, 1.82) is 0 Å². The van der Waals surface area contributed by atoms with Crippen molar-refractivity contribution in [1.82, 2.24) is 19.3 Å². The molecule has 33 heavy (non-hydrogen) atoms. The molecule has 1 N–H and O–H groups in total. The van der Waals surface area contributed by atoms with E-state index < -0.39 is 17.8 Å². The van der Waals surface area contributed by atoms with E-state index in [-0.39, 0.29) is 11.1 Å². The highest BCUT2D eigenvalue weighted by Gasteiger charge is 2.20. The molecule has 2 heterocycles. The van der Waals surface area contributed by atoms with Crippen LogP contribution < -0.4 is 10.9 Å². The zero-order valence-electron chi connectivity index (χ0n) is 18.4. The maximum absolute atomic E-state index is 13.7. The minimum absolute atomic E-state index is 0.0515. The smallest absolute Gasteiger partial charge is 0.340 e. The van der Waals surface area contributed by atoms with Gasteiger partial charge in [0.25, 0.3) is 5.56 Å². The van der Waals surface area contributed by atoms with Gasteiger partial charge in [-0.05, 0) is 37.3 Å². The van der Waals surface area contributed by atoms with Gasteiger partial charge in [0, 0.05) is 36.6 Å². The fourth-order valence-electron chi connectivity index (χ4n) is 3.72. The number of carbonyl (C=O) groups is 1. The first-order chi connectivity index (χ1) is 15.7. The van der Waals surface area contributed by atoms with E-state index in [4.69, 9.17) is 21.3 Å². The molecule has 0 radical (unpaired) electrons. The molecular formula is C23H21ClFN5O3. The SMILES string of the molecule is COC(=O)c1cc(F)ccc1NC(C)c1cc(Cl)cc2c(=O)n(C)c(-c3cnn(C)c3)nc12. The monoisotopic (exact) mass is 469 g/mol. The number of aromatic nitrogens is 4. The summed E-state index contributed by atoms with van der Waals surface area (Å²) in [5.41, 5.74) is 1.96. The van der Waals surface area contributed by atoms with Gasteiger partial charge in [0.2, 0.25) is 0 Å². The Morgan fingerprint density at radius 3 is 2.67 bits per heavy atom. The number of hydrogen-bond acceptors (Lipinski definition) is 6. The fraction of sp³-hybridized carbons (Fsp3) is 0.217. The lowest BCUT2D eigenvalue weighted by Gasteiger charge is -2.20. The molecule has 0 aliphatic heterocycles. The molecule has 0 aliphatic carbocycles. The predicted octanol–water partition coefficient (Wildman–Crippen LogP) is 4.09. The molecule has 2 aromatic heterocycles. The molecule has 0 fully saturated rings. The number of anilines is 1. The van der Waals surface area contributed by atoms with Gasteiger partial charge < -0.3 is 10.1 Å². The predicted molar refractivity (Wildman–Crippen MR) is 124 cm³/mol. The van der Waals surface area contributed by atoms with E-state index in [0.717, 1.165) is 6.07 Å². The lowest BCUT2D eigenvalue weighted by molar-refractivity contribution is 0.0601. The van der Waals surface area contributed by atoms with Gasteiger partial charge in [-0.2, -0.15) is 5.10 Å². The van der Waals surface area contributed by atoms with Crippen LogP contribution in [0.3, 0.4) is 0 Å². The van der Waals surface area contributed by atoms with Gasteiger partial charge in [-0.25, -0.2) is 14.2 Å². The highest BCUT2D eigenvalue weighted by Crippen LogP contribution is 2.31. The van der Waals surface area contributed by atoms with Crippen molar-refractivity contribution in [2.45, 2.75) is 13.0 Å². The van der Waals surface area contributed by atoms with Crippen LogP contribution in [0.4, 0.5) is 10.1 Å². The van der Waals surface area contributed by atoms with E-state index >= 15 is 0 Å². The van der Waals surface area contributed by atoms with Gasteiger partial charge in [-0.3, -0.25) is 14.0 Å². The summed E-state index contributed by atoms with van der Waals surface area (Å²) in [5.74, 6) is -0.785. The first-order valence-electron chi connectivity index (χ1n) is 10.0. The number of nitrogens with one attached hydrogen (secondary N) is 1. The normalized spacial score (nSPS) is 12.1. The first kappa shape index (κ1) is 22.5. The van der Waals surface area contributed by atoms with Crippen molar-refractivity contribution < 1.29 is 13.9 Å². The summed E-state index contributed by atoms with van der Waals surface area (Å²) >= 11 is 6.34. The van der Waals surface area contributed by atoms with Crippen molar-refractivity contribution in [2.24, 2.45) is 14.1 Å². The Kier molecular flexibility index (Phi) is 5.90. The van der Waals surface area contributed by atoms with Crippen LogP contribution in [-0.4, -0.2) is 32.4 Å². The lowest BCUT2D eigenvalue weighted by atomic mass is 10.0. The summed E-state index contributed by atoms with van der Waals surface area (Å²) in [7, 11) is 4.65. The molecule has 0 spiro atoms. The first-order valence-corrected chi connectivity index (χ1v) is 10.4. The molecular weight excluding hydrogens is 449 g/mol. The second kappa shape index (κ2) is 8.67. The largest absolute Gasteiger partial charge is 0.465 e. The van der Waals surface area contributed by atoms with Gasteiger partial charge >= 0.3 is 5.97 Å². The van der Waals surface area contributed by atoms with Crippen molar-refractivity contribution in [3.05, 3.63) is 75.0 Å². The molecule has 0 saturated carbocycles. The quantitative estimate of drug-likeness (QED) is 0.443. The van der Waals surface area contributed by atoms with Gasteiger partial charge in [-0.15, -0.1) is 0 Å². The Morgan fingerprint density at radius 2 is 2.00 bits per heavy atom. The number of rotatable bonds is 5. The van der Waals surface area contributed by atoms with E-state index in [0.29, 0.717) is 38.6 Å². The summed E-state index contributed by atoms with van der Waals surface area (Å²) < 4.78 is 21.6. The standard InChI is InChI=1S/C23H21ClFN5O3/c1-12(27-19-6-5-15(25)9-17(19)23(32)33-4)16-7-14(24)8-18-20(16)28-21(30(3)22(18)31)13-10-26-29(2)11-13/h5-12,27H,1-4H3. The van der Waals surface area contributed by atoms with Crippen LogP contribution in [0, 0.1) is 5.82 Å². The summed E-state index contributed by atoms with van der Waals surface area (Å²) in [6, 6.07) is 6.65. The molecule has 1 atom stereocenters. The highest BCUT2D eigenvalue weighted by atomic mass is 35.5. The Bertz CT molecular complexity index is 1450. The van der Waals surface area contributed by atoms with Gasteiger partial charge in [0.05, 0.1) is 41.4 Å². The van der Waals surface area contributed by atoms with Gasteiger partial charge in [-0.1, -0.05) is 11.6 Å². The molecule has 0 saturated heterocycles. The number of nitrogens with zero attached hydrogens (tertiary/aromatic N) is 4. The third-order valence-electron chi connectivity index (χ3n) is 5.36. The van der Waals surface area contributed by atoms with E-state index in [2.05, 4.69) is 10.4 Å². The molecule has 2 aromatic carbocycles. The number of halogens is 2. The van der Waals surface area contributed by atoms with Crippen molar-refractivity contribution in [3.8, 4) is 11.4 Å². The zero-order valence-corrected chi connectivity index (χ0v) is 19.1. The number of hydrogen-bond donors (Lipinski definition) is 1. The Labute approximate surface area is 193 Å². The molecule has 0 bridgehead atoms. The highest BCUT2D eigenvalue weighted by molar-refractivity contribution is 6.31. The number of methoxy groups -OCH3 is 1. The summed E-state index contributed by atoms with van der Waals surface area (Å²) in [5, 5.41) is 8.08. The summed E-state index contributed by atoms with van der Waals surface area (Å²) in [6.45, 7) is 1.83. The number of benzene rings is 2. The summed E-state index contributed by atoms with van der Waals surface area (Å²) in [6.07, 6.45) is 3.40. The van der Waals surface area contributed by atoms with Crippen molar-refractivity contribution in [2.75, 3.05) is 12.4 Å². The van der Waals surface area contributed by atoms with E-state index in [9.17, 15) is 14.0 Å². The number of carbonyl (C=O) groups excluding carboxylic acids is 1. The molecule has 4 rings (SSSR count). The molecule has 0 amide bonds. The third-order valence-corrected chi connectivity index (χ3v) is 5.58. The minimum atomic E-state index is -0.675. The van der Waals surface area contributed by atoms with Crippen LogP contribution >= 0.6 is 11.6 Å². The molecule has 4 aromatic rings. The number of fused-ring (bicyclic) bond motifs is 1. The number of aryl methyl sites for hydroxylation is 1. The summed E-state index contributed by atoms with van der Waals surface area (Å²) in [4.78, 5) is 30.1. The van der Waals surface area contributed by atoms with E-state index in [1.54, 1.807) is 43.3 Å². The lowest BCUT2D eigenvalue weighted by Crippen LogP contribution is -2.21. The van der Waals surface area contributed by atoms with Crippen molar-refractivity contribution in [3.63, 3.8) is 0 Å². The maximum Gasteiger partial charge on any atom is 0.340 e. The second-order valence-corrected chi connectivity index (χ2v) is 8.08. The molecule has 8 nitrogen and oxygen atoms in total. The Hall–Kier alpha value is -3.72. The van der Waals surface area contributed by atoms with Crippen LogP contribution in [0.5, 0.6) is 0 Å². The molecule has 10 heteroatoms. The van der Waals surface area contributed by atoms with Crippen LogP contribution in [-0.2, 0) is 18.8 Å².